The Morgan fingerprint density at radius 2 is 1.94 bits per heavy atom. The lowest BCUT2D eigenvalue weighted by Gasteiger charge is -1.94. The molecule has 18 heavy (non-hydrogen) atoms. The maximum absolute atomic E-state index is 10.8. The molecule has 2 rings (SSSR count). The van der Waals surface area contributed by atoms with E-state index < -0.39 is 21.5 Å². The zero-order valence-electron chi connectivity index (χ0n) is 9.18. The number of imidazole rings is 1. The van der Waals surface area contributed by atoms with Gasteiger partial charge in [0, 0.05) is 11.2 Å². The fourth-order valence-corrected chi connectivity index (χ4v) is 1.53. The van der Waals surface area contributed by atoms with Gasteiger partial charge in [-0.05, 0) is 22.0 Å². The Morgan fingerprint density at radius 1 is 1.22 bits per heavy atom. The molecular weight excluding hydrogens is 242 g/mol. The Balaban J connectivity index is 2.68. The maximum atomic E-state index is 10.8. The lowest BCUT2D eigenvalue weighted by atomic mass is 10.3. The largest absolute Gasteiger partial charge is 0.463 e. The summed E-state index contributed by atoms with van der Waals surface area (Å²) in [6, 6.07) is 4.89. The summed E-state index contributed by atoms with van der Waals surface area (Å²) >= 11 is 0. The Bertz CT molecular complexity index is 621. The molecule has 0 unspecified atom stereocenters. The van der Waals surface area contributed by atoms with E-state index in [9.17, 15) is 20.2 Å². The fraction of sp³-hybridized carbons (Fsp3) is 0.111. The summed E-state index contributed by atoms with van der Waals surface area (Å²) in [6.45, 7) is 0. The molecule has 0 amide bonds. The van der Waals surface area contributed by atoms with E-state index in [0.717, 1.165) is 4.57 Å². The van der Waals surface area contributed by atoms with E-state index in [2.05, 4.69) is 9.97 Å². The second kappa shape index (κ2) is 4.20. The van der Waals surface area contributed by atoms with Crippen molar-refractivity contribution in [1.29, 1.82) is 0 Å². The third-order valence-corrected chi connectivity index (χ3v) is 2.29. The van der Waals surface area contributed by atoms with Gasteiger partial charge in [-0.15, -0.1) is 0 Å². The first-order valence-electron chi connectivity index (χ1n) is 4.79. The molecule has 0 saturated heterocycles. The van der Waals surface area contributed by atoms with Crippen molar-refractivity contribution in [3.63, 3.8) is 0 Å². The topological polar surface area (TPSA) is 117 Å². The third-order valence-electron chi connectivity index (χ3n) is 2.29. The first kappa shape index (κ1) is 11.6. The second-order valence-corrected chi connectivity index (χ2v) is 3.37. The summed E-state index contributed by atoms with van der Waals surface area (Å²) in [4.78, 5) is 27.4. The SMILES string of the molecule is Cn1c(-c2ccccn2)nc([N+](=O)[O-])c1[N+](=O)[O-]. The highest BCUT2D eigenvalue weighted by Gasteiger charge is 2.36. The summed E-state index contributed by atoms with van der Waals surface area (Å²) in [5.74, 6) is -1.38. The average Bonchev–Trinajstić information content (AvgIpc) is 2.68. The molecule has 0 spiro atoms. The summed E-state index contributed by atoms with van der Waals surface area (Å²) < 4.78 is 1.04. The smallest absolute Gasteiger partial charge is 0.358 e. The van der Waals surface area contributed by atoms with Crippen molar-refractivity contribution in [2.75, 3.05) is 0 Å². The van der Waals surface area contributed by atoms with Crippen LogP contribution in [0.25, 0.3) is 11.5 Å². The van der Waals surface area contributed by atoms with Gasteiger partial charge in [-0.1, -0.05) is 6.07 Å². The molecule has 0 fully saturated rings. The summed E-state index contributed by atoms with van der Waals surface area (Å²) in [5.41, 5.74) is 0.330. The molecule has 9 heteroatoms. The predicted octanol–water partition coefficient (Wildman–Crippen LogP) is 1.30. The highest BCUT2D eigenvalue weighted by Crippen LogP contribution is 2.30. The van der Waals surface area contributed by atoms with Crippen LogP contribution in [0.5, 0.6) is 0 Å². The van der Waals surface area contributed by atoms with E-state index in [1.807, 2.05) is 0 Å². The summed E-state index contributed by atoms with van der Waals surface area (Å²) in [7, 11) is 1.34. The van der Waals surface area contributed by atoms with Crippen LogP contribution in [0.2, 0.25) is 0 Å². The minimum Gasteiger partial charge on any atom is -0.358 e. The molecule has 0 radical (unpaired) electrons. The van der Waals surface area contributed by atoms with Gasteiger partial charge in [-0.3, -0.25) is 0 Å². The lowest BCUT2D eigenvalue weighted by molar-refractivity contribution is -0.428. The van der Waals surface area contributed by atoms with Crippen LogP contribution < -0.4 is 0 Å². The van der Waals surface area contributed by atoms with Crippen LogP contribution in [0.3, 0.4) is 0 Å². The molecule has 0 aliphatic rings. The monoisotopic (exact) mass is 249 g/mol. The van der Waals surface area contributed by atoms with E-state index in [1.54, 1.807) is 18.2 Å². The zero-order chi connectivity index (χ0) is 13.3. The molecule has 0 N–H and O–H groups in total. The summed E-state index contributed by atoms with van der Waals surface area (Å²) in [5, 5.41) is 21.5. The van der Waals surface area contributed by atoms with Gasteiger partial charge >= 0.3 is 17.5 Å². The molecule has 0 aliphatic carbocycles. The normalized spacial score (nSPS) is 10.3. The van der Waals surface area contributed by atoms with E-state index in [4.69, 9.17) is 0 Å². The van der Waals surface area contributed by atoms with E-state index in [0.29, 0.717) is 5.69 Å². The van der Waals surface area contributed by atoms with Gasteiger partial charge in [0.05, 0.1) is 7.05 Å². The number of rotatable bonds is 3. The number of hydrogen-bond acceptors (Lipinski definition) is 6. The number of aromatic nitrogens is 3. The third kappa shape index (κ3) is 1.77. The highest BCUT2D eigenvalue weighted by molar-refractivity contribution is 5.58. The maximum Gasteiger partial charge on any atom is 0.463 e. The number of hydrogen-bond donors (Lipinski definition) is 0. The first-order chi connectivity index (χ1) is 8.52. The van der Waals surface area contributed by atoms with Crippen LogP contribution in [0, 0.1) is 20.2 Å². The molecule has 2 heterocycles. The predicted molar refractivity (Wildman–Crippen MR) is 59.7 cm³/mol. The molecule has 0 saturated carbocycles. The second-order valence-electron chi connectivity index (χ2n) is 3.37. The van der Waals surface area contributed by atoms with Crippen LogP contribution in [-0.4, -0.2) is 24.4 Å². The Kier molecular flexibility index (Phi) is 2.72. The van der Waals surface area contributed by atoms with Crippen molar-refractivity contribution in [2.24, 2.45) is 7.05 Å². The quantitative estimate of drug-likeness (QED) is 0.597. The number of nitrogens with zero attached hydrogens (tertiary/aromatic N) is 5. The van der Waals surface area contributed by atoms with Crippen molar-refractivity contribution in [3.8, 4) is 11.5 Å². The Hall–Kier alpha value is -2.84. The fourth-order valence-electron chi connectivity index (χ4n) is 1.53. The van der Waals surface area contributed by atoms with Crippen molar-refractivity contribution in [3.05, 3.63) is 44.6 Å². The Morgan fingerprint density at radius 3 is 2.39 bits per heavy atom. The molecule has 92 valence electrons. The zero-order valence-corrected chi connectivity index (χ0v) is 9.18. The van der Waals surface area contributed by atoms with Crippen molar-refractivity contribution >= 4 is 11.6 Å². The molecule has 0 atom stereocenters. The van der Waals surface area contributed by atoms with E-state index >= 15 is 0 Å². The van der Waals surface area contributed by atoms with Crippen LogP contribution in [-0.2, 0) is 7.05 Å². The number of pyridine rings is 1. The van der Waals surface area contributed by atoms with E-state index in [-0.39, 0.29) is 5.82 Å². The van der Waals surface area contributed by atoms with Gasteiger partial charge in [-0.25, -0.2) is 4.98 Å². The van der Waals surface area contributed by atoms with Gasteiger partial charge in [0.25, 0.3) is 0 Å². The van der Waals surface area contributed by atoms with Gasteiger partial charge in [0.15, 0.2) is 5.69 Å². The van der Waals surface area contributed by atoms with Gasteiger partial charge in [-0.2, -0.15) is 4.57 Å². The number of nitro groups is 2. The molecule has 2 aromatic heterocycles. The van der Waals surface area contributed by atoms with Gasteiger partial charge in [0.1, 0.15) is 0 Å². The van der Waals surface area contributed by atoms with Gasteiger partial charge < -0.3 is 20.2 Å². The highest BCUT2D eigenvalue weighted by atomic mass is 16.6. The Labute approximate surface area is 100 Å². The molecule has 2 aromatic rings. The van der Waals surface area contributed by atoms with Crippen LogP contribution >= 0.6 is 0 Å². The molecule has 0 bridgehead atoms. The van der Waals surface area contributed by atoms with Crippen LogP contribution in [0.15, 0.2) is 24.4 Å². The van der Waals surface area contributed by atoms with Crippen molar-refractivity contribution < 1.29 is 9.85 Å². The molecule has 0 aliphatic heterocycles. The average molecular weight is 249 g/mol. The molecule has 9 nitrogen and oxygen atoms in total. The minimum absolute atomic E-state index is 0.0778. The van der Waals surface area contributed by atoms with E-state index in [1.165, 1.54) is 13.2 Å². The van der Waals surface area contributed by atoms with Crippen LogP contribution in [0.4, 0.5) is 11.6 Å². The lowest BCUT2D eigenvalue weighted by Crippen LogP contribution is -2.01. The van der Waals surface area contributed by atoms with Crippen molar-refractivity contribution in [1.82, 2.24) is 14.5 Å². The molecular formula is C9H7N5O4. The summed E-state index contributed by atoms with van der Waals surface area (Å²) in [6.07, 6.45) is 1.47. The standard InChI is InChI=1S/C9H7N5O4/c1-12-7(6-4-2-3-5-10-6)11-8(13(15)16)9(12)14(17)18/h2-5H,1H3. The van der Waals surface area contributed by atoms with Crippen LogP contribution in [0.1, 0.15) is 0 Å². The van der Waals surface area contributed by atoms with Gasteiger partial charge in [0.2, 0.25) is 0 Å². The first-order valence-corrected chi connectivity index (χ1v) is 4.79. The minimum atomic E-state index is -0.884. The van der Waals surface area contributed by atoms with Crippen molar-refractivity contribution in [2.45, 2.75) is 0 Å². The molecule has 0 aromatic carbocycles.